The molecule has 1 fully saturated rings. The lowest BCUT2D eigenvalue weighted by molar-refractivity contribution is -0.131. The highest BCUT2D eigenvalue weighted by atomic mass is 32.1. The Morgan fingerprint density at radius 2 is 2.38 bits per heavy atom. The first-order chi connectivity index (χ1) is 12.7. The quantitative estimate of drug-likeness (QED) is 0.703. The molecule has 4 rings (SSSR count). The van der Waals surface area contributed by atoms with Gasteiger partial charge in [0.1, 0.15) is 4.88 Å². The van der Waals surface area contributed by atoms with Crippen LogP contribution in [0.4, 0.5) is 0 Å². The summed E-state index contributed by atoms with van der Waals surface area (Å²) in [6, 6.07) is 5.68. The molecule has 3 aromatic heterocycles. The van der Waals surface area contributed by atoms with E-state index in [9.17, 15) is 4.79 Å². The third kappa shape index (κ3) is 3.50. The fourth-order valence-electron chi connectivity index (χ4n) is 3.32. The lowest BCUT2D eigenvalue weighted by Gasteiger charge is -2.32. The van der Waals surface area contributed by atoms with E-state index in [1.54, 1.807) is 12.4 Å². The van der Waals surface area contributed by atoms with Gasteiger partial charge in [0.15, 0.2) is 5.76 Å². The summed E-state index contributed by atoms with van der Waals surface area (Å²) in [5, 5.41) is 8.29. The number of hydrogen-bond acceptors (Lipinski definition) is 7. The maximum absolute atomic E-state index is 12.7. The maximum Gasteiger partial charge on any atom is 0.227 e. The smallest absolute Gasteiger partial charge is 0.227 e. The Hall–Kier alpha value is -2.61. The minimum Gasteiger partial charge on any atom is -0.355 e. The summed E-state index contributed by atoms with van der Waals surface area (Å²) in [6.45, 7) is 3.33. The first-order valence-electron chi connectivity index (χ1n) is 8.63. The molecule has 0 aliphatic carbocycles. The van der Waals surface area contributed by atoms with Crippen LogP contribution in [-0.4, -0.2) is 43.6 Å². The van der Waals surface area contributed by atoms with Crippen LogP contribution in [0.5, 0.6) is 0 Å². The van der Waals surface area contributed by atoms with Crippen LogP contribution in [-0.2, 0) is 11.2 Å². The number of likely N-dealkylation sites (tertiary alicyclic amines) is 1. The highest BCUT2D eigenvalue weighted by Crippen LogP contribution is 2.35. The Kier molecular flexibility index (Phi) is 4.75. The number of piperidine rings is 1. The van der Waals surface area contributed by atoms with Crippen molar-refractivity contribution in [3.63, 3.8) is 0 Å². The number of carbonyl (C=O) groups excluding carboxylic acids is 1. The van der Waals surface area contributed by atoms with E-state index in [-0.39, 0.29) is 11.8 Å². The maximum atomic E-state index is 12.7. The summed E-state index contributed by atoms with van der Waals surface area (Å²) in [5.74, 6) is 0.995. The van der Waals surface area contributed by atoms with Gasteiger partial charge in [-0.15, -0.1) is 5.10 Å². The standard InChI is InChI=1S/C18H19N5O2S/c1-12-8-15(25-21-12)18-17(20-22-26-18)14-5-3-7-23(11-14)16(24)9-13-4-2-6-19-10-13/h2,4,6,8,10,14H,3,5,7,9,11H2,1H3. The molecule has 0 N–H and O–H groups in total. The van der Waals surface area contributed by atoms with Gasteiger partial charge in [0.05, 0.1) is 17.8 Å². The van der Waals surface area contributed by atoms with E-state index in [0.717, 1.165) is 41.2 Å². The lowest BCUT2D eigenvalue weighted by atomic mass is 9.93. The Morgan fingerprint density at radius 3 is 3.15 bits per heavy atom. The third-order valence-electron chi connectivity index (χ3n) is 4.60. The van der Waals surface area contributed by atoms with E-state index in [1.807, 2.05) is 30.0 Å². The van der Waals surface area contributed by atoms with Crippen molar-refractivity contribution < 1.29 is 9.32 Å². The van der Waals surface area contributed by atoms with Crippen molar-refractivity contribution in [3.05, 3.63) is 47.5 Å². The molecule has 1 aliphatic heterocycles. The number of pyridine rings is 1. The molecule has 1 unspecified atom stereocenters. The molecule has 3 aromatic rings. The second kappa shape index (κ2) is 7.33. The monoisotopic (exact) mass is 369 g/mol. The predicted molar refractivity (Wildman–Crippen MR) is 96.6 cm³/mol. The SMILES string of the molecule is Cc1cc(-c2snnc2C2CCCN(C(=O)Cc3cccnc3)C2)on1. The van der Waals surface area contributed by atoms with Crippen LogP contribution in [0.15, 0.2) is 35.1 Å². The molecule has 1 aliphatic rings. The van der Waals surface area contributed by atoms with Gasteiger partial charge in [-0.05, 0) is 42.9 Å². The predicted octanol–water partition coefficient (Wildman–Crippen LogP) is 2.85. The van der Waals surface area contributed by atoms with Crippen molar-refractivity contribution in [3.8, 4) is 10.6 Å². The van der Waals surface area contributed by atoms with Crippen LogP contribution < -0.4 is 0 Å². The van der Waals surface area contributed by atoms with E-state index in [2.05, 4.69) is 19.7 Å². The summed E-state index contributed by atoms with van der Waals surface area (Å²) in [5.41, 5.74) is 2.68. The minimum atomic E-state index is 0.128. The summed E-state index contributed by atoms with van der Waals surface area (Å²) in [7, 11) is 0. The molecule has 0 bridgehead atoms. The summed E-state index contributed by atoms with van der Waals surface area (Å²) >= 11 is 1.32. The summed E-state index contributed by atoms with van der Waals surface area (Å²) in [4.78, 5) is 19.6. The van der Waals surface area contributed by atoms with Crippen LogP contribution in [0.25, 0.3) is 10.6 Å². The number of rotatable bonds is 4. The fraction of sp³-hybridized carbons (Fsp3) is 0.389. The number of hydrogen-bond donors (Lipinski definition) is 0. The Morgan fingerprint density at radius 1 is 1.46 bits per heavy atom. The molecule has 0 saturated carbocycles. The van der Waals surface area contributed by atoms with Crippen molar-refractivity contribution in [2.24, 2.45) is 0 Å². The Bertz CT molecular complexity index is 892. The van der Waals surface area contributed by atoms with Crippen molar-refractivity contribution >= 4 is 17.4 Å². The number of aryl methyl sites for hydroxylation is 1. The van der Waals surface area contributed by atoms with Crippen LogP contribution in [0.1, 0.15) is 35.7 Å². The van der Waals surface area contributed by atoms with Crippen molar-refractivity contribution in [2.75, 3.05) is 13.1 Å². The molecule has 1 saturated heterocycles. The van der Waals surface area contributed by atoms with Gasteiger partial charge in [-0.2, -0.15) is 0 Å². The fourth-order valence-corrected chi connectivity index (χ4v) is 4.02. The molecule has 1 amide bonds. The summed E-state index contributed by atoms with van der Waals surface area (Å²) in [6.07, 6.45) is 5.78. The van der Waals surface area contributed by atoms with E-state index >= 15 is 0 Å². The van der Waals surface area contributed by atoms with Gasteiger partial charge < -0.3 is 9.42 Å². The first kappa shape index (κ1) is 16.8. The van der Waals surface area contributed by atoms with E-state index in [4.69, 9.17) is 4.52 Å². The number of amides is 1. The van der Waals surface area contributed by atoms with E-state index < -0.39 is 0 Å². The molecule has 4 heterocycles. The van der Waals surface area contributed by atoms with Crippen LogP contribution >= 0.6 is 11.5 Å². The highest BCUT2D eigenvalue weighted by Gasteiger charge is 2.29. The van der Waals surface area contributed by atoms with Gasteiger partial charge >= 0.3 is 0 Å². The second-order valence-corrected chi connectivity index (χ2v) is 7.29. The van der Waals surface area contributed by atoms with Gasteiger partial charge in [0.25, 0.3) is 0 Å². The zero-order valence-corrected chi connectivity index (χ0v) is 15.3. The van der Waals surface area contributed by atoms with Gasteiger partial charge in [0.2, 0.25) is 5.91 Å². The van der Waals surface area contributed by atoms with Crippen molar-refractivity contribution in [1.29, 1.82) is 0 Å². The molecule has 1 atom stereocenters. The number of nitrogens with zero attached hydrogens (tertiary/aromatic N) is 5. The largest absolute Gasteiger partial charge is 0.355 e. The molecular formula is C18H19N5O2S. The zero-order valence-electron chi connectivity index (χ0n) is 14.5. The van der Waals surface area contributed by atoms with Crippen LogP contribution in [0.2, 0.25) is 0 Å². The molecule has 0 spiro atoms. The molecule has 26 heavy (non-hydrogen) atoms. The minimum absolute atomic E-state index is 0.128. The normalized spacial score (nSPS) is 17.4. The number of carbonyl (C=O) groups is 1. The third-order valence-corrected chi connectivity index (χ3v) is 5.36. The lowest BCUT2D eigenvalue weighted by Crippen LogP contribution is -2.40. The molecule has 134 valence electrons. The van der Waals surface area contributed by atoms with Crippen LogP contribution in [0.3, 0.4) is 0 Å². The number of aromatic nitrogens is 4. The van der Waals surface area contributed by atoms with E-state index in [1.165, 1.54) is 11.5 Å². The van der Waals surface area contributed by atoms with Crippen LogP contribution in [0, 0.1) is 6.92 Å². The van der Waals surface area contributed by atoms with Gasteiger partial charge in [-0.1, -0.05) is 15.7 Å². The first-order valence-corrected chi connectivity index (χ1v) is 9.40. The van der Waals surface area contributed by atoms with Gasteiger partial charge in [-0.25, -0.2) is 0 Å². The molecule has 0 radical (unpaired) electrons. The average Bonchev–Trinajstić information content (AvgIpc) is 3.31. The average molecular weight is 369 g/mol. The van der Waals surface area contributed by atoms with E-state index in [0.29, 0.717) is 18.7 Å². The summed E-state index contributed by atoms with van der Waals surface area (Å²) < 4.78 is 9.50. The molecule has 7 nitrogen and oxygen atoms in total. The molecule has 0 aromatic carbocycles. The zero-order chi connectivity index (χ0) is 17.9. The van der Waals surface area contributed by atoms with Crippen molar-refractivity contribution in [1.82, 2.24) is 24.6 Å². The Labute approximate surface area is 155 Å². The highest BCUT2D eigenvalue weighted by molar-refractivity contribution is 7.09. The molecule has 8 heteroatoms. The second-order valence-electron chi connectivity index (χ2n) is 6.54. The van der Waals surface area contributed by atoms with Gasteiger partial charge in [0, 0.05) is 37.5 Å². The Balaban J connectivity index is 1.49. The topological polar surface area (TPSA) is 85.0 Å². The van der Waals surface area contributed by atoms with Gasteiger partial charge in [-0.3, -0.25) is 9.78 Å². The molecular weight excluding hydrogens is 350 g/mol. The van der Waals surface area contributed by atoms with Crippen molar-refractivity contribution in [2.45, 2.75) is 32.1 Å².